The smallest absolute Gasteiger partial charge is 0.0670 e. The fourth-order valence-electron chi connectivity index (χ4n) is 2.23. The molecule has 1 aliphatic rings. The van der Waals surface area contributed by atoms with Crippen LogP contribution in [0.1, 0.15) is 37.3 Å². The summed E-state index contributed by atoms with van der Waals surface area (Å²) in [6.07, 6.45) is 7.25. The Bertz CT molecular complexity index is 387. The number of halogens is 1. The van der Waals surface area contributed by atoms with E-state index >= 15 is 0 Å². The molecule has 0 amide bonds. The summed E-state index contributed by atoms with van der Waals surface area (Å²) in [6, 6.07) is 8.49. The molecule has 0 aromatic heterocycles. The van der Waals surface area contributed by atoms with Gasteiger partial charge in [-0.1, -0.05) is 39.7 Å². The number of allylic oxidation sites excluding steroid dienone is 1. The van der Waals surface area contributed by atoms with E-state index in [1.165, 1.54) is 30.4 Å². The Morgan fingerprint density at radius 3 is 2.81 bits per heavy atom. The number of rotatable bonds is 3. The minimum atomic E-state index is 0.165. The van der Waals surface area contributed by atoms with Crippen molar-refractivity contribution < 1.29 is 0 Å². The molecule has 2 nitrogen and oxygen atoms in total. The summed E-state index contributed by atoms with van der Waals surface area (Å²) >= 11 is 3.50. The van der Waals surface area contributed by atoms with E-state index in [0.717, 1.165) is 10.9 Å². The predicted molar refractivity (Wildman–Crippen MR) is 70.8 cm³/mol. The van der Waals surface area contributed by atoms with Crippen LogP contribution in [-0.2, 0) is 0 Å². The minimum absolute atomic E-state index is 0.165. The molecular weight excluding hydrogens is 264 g/mol. The summed E-state index contributed by atoms with van der Waals surface area (Å²) in [5.41, 5.74) is 5.58. The number of hydrogen-bond acceptors (Lipinski definition) is 2. The molecular formula is C13H17BrN2. The third-order valence-corrected chi connectivity index (χ3v) is 3.54. The largest absolute Gasteiger partial charge is 0.271 e. The van der Waals surface area contributed by atoms with Crippen molar-refractivity contribution in [3.63, 3.8) is 0 Å². The van der Waals surface area contributed by atoms with Crippen LogP contribution in [-0.4, -0.2) is 0 Å². The Morgan fingerprint density at radius 1 is 1.31 bits per heavy atom. The maximum Gasteiger partial charge on any atom is 0.0670 e. The quantitative estimate of drug-likeness (QED) is 0.506. The van der Waals surface area contributed by atoms with Gasteiger partial charge in [0.1, 0.15) is 0 Å². The van der Waals surface area contributed by atoms with E-state index in [9.17, 15) is 0 Å². The van der Waals surface area contributed by atoms with Crippen molar-refractivity contribution in [3.05, 3.63) is 46.0 Å². The van der Waals surface area contributed by atoms with Crippen LogP contribution in [0.5, 0.6) is 0 Å². The van der Waals surface area contributed by atoms with Gasteiger partial charge in [0.05, 0.1) is 6.04 Å². The van der Waals surface area contributed by atoms with Gasteiger partial charge in [0, 0.05) is 4.47 Å². The van der Waals surface area contributed by atoms with Crippen LogP contribution in [0.25, 0.3) is 0 Å². The van der Waals surface area contributed by atoms with E-state index in [4.69, 9.17) is 5.84 Å². The Kier molecular flexibility index (Phi) is 4.16. The summed E-state index contributed by atoms with van der Waals surface area (Å²) in [5.74, 6) is 5.68. The molecule has 0 saturated carbocycles. The van der Waals surface area contributed by atoms with Crippen LogP contribution in [0.4, 0.5) is 0 Å². The molecule has 1 aromatic carbocycles. The molecule has 2 rings (SSSR count). The van der Waals surface area contributed by atoms with Gasteiger partial charge in [-0.15, -0.1) is 0 Å². The fraction of sp³-hybridized carbons (Fsp3) is 0.385. The van der Waals surface area contributed by atoms with E-state index in [-0.39, 0.29) is 6.04 Å². The van der Waals surface area contributed by atoms with Crippen LogP contribution in [0.2, 0.25) is 0 Å². The maximum atomic E-state index is 5.68. The third kappa shape index (κ3) is 2.73. The fourth-order valence-corrected chi connectivity index (χ4v) is 2.65. The van der Waals surface area contributed by atoms with Crippen molar-refractivity contribution in [1.82, 2.24) is 5.43 Å². The standard InChI is InChI=1S/C13H17BrN2/c14-12-8-4-7-11(9-12)13(16-15)10-5-2-1-3-6-10/h4-5,7-9,13,16H,1-3,6,15H2. The van der Waals surface area contributed by atoms with Crippen LogP contribution in [0, 0.1) is 0 Å². The van der Waals surface area contributed by atoms with Gasteiger partial charge in [-0.2, -0.15) is 0 Å². The number of nitrogens with two attached hydrogens (primary N) is 1. The first kappa shape index (κ1) is 11.8. The van der Waals surface area contributed by atoms with Crippen LogP contribution in [0.15, 0.2) is 40.4 Å². The normalized spacial score (nSPS) is 18.0. The highest BCUT2D eigenvalue weighted by Gasteiger charge is 2.16. The van der Waals surface area contributed by atoms with Gasteiger partial charge in [-0.05, 0) is 43.4 Å². The van der Waals surface area contributed by atoms with Crippen molar-refractivity contribution in [2.75, 3.05) is 0 Å². The number of nitrogens with one attached hydrogen (secondary N) is 1. The van der Waals surface area contributed by atoms with Crippen molar-refractivity contribution in [1.29, 1.82) is 0 Å². The van der Waals surface area contributed by atoms with Crippen LogP contribution >= 0.6 is 15.9 Å². The monoisotopic (exact) mass is 280 g/mol. The van der Waals surface area contributed by atoms with Gasteiger partial charge in [0.15, 0.2) is 0 Å². The molecule has 0 bridgehead atoms. The average Bonchev–Trinajstić information content (AvgIpc) is 2.31. The van der Waals surface area contributed by atoms with Gasteiger partial charge >= 0.3 is 0 Å². The summed E-state index contributed by atoms with van der Waals surface area (Å²) in [6.45, 7) is 0. The zero-order chi connectivity index (χ0) is 11.4. The average molecular weight is 281 g/mol. The lowest BCUT2D eigenvalue weighted by molar-refractivity contribution is 0.565. The first-order chi connectivity index (χ1) is 7.81. The van der Waals surface area contributed by atoms with E-state index in [1.54, 1.807) is 0 Å². The van der Waals surface area contributed by atoms with Crippen molar-refractivity contribution >= 4 is 15.9 Å². The predicted octanol–water partition coefficient (Wildman–Crippen LogP) is 3.45. The van der Waals surface area contributed by atoms with Crippen molar-refractivity contribution in [3.8, 4) is 0 Å². The molecule has 16 heavy (non-hydrogen) atoms. The number of benzene rings is 1. The molecule has 0 saturated heterocycles. The van der Waals surface area contributed by atoms with Gasteiger partial charge in [0.25, 0.3) is 0 Å². The SMILES string of the molecule is NNC(C1=CCCCC1)c1cccc(Br)c1. The highest BCUT2D eigenvalue weighted by molar-refractivity contribution is 9.10. The Hall–Kier alpha value is -0.640. The summed E-state index contributed by atoms with van der Waals surface area (Å²) < 4.78 is 1.10. The highest BCUT2D eigenvalue weighted by Crippen LogP contribution is 2.30. The second-order valence-electron chi connectivity index (χ2n) is 4.18. The lowest BCUT2D eigenvalue weighted by atomic mass is 9.90. The first-order valence-electron chi connectivity index (χ1n) is 5.72. The Morgan fingerprint density at radius 2 is 2.19 bits per heavy atom. The summed E-state index contributed by atoms with van der Waals surface area (Å²) in [4.78, 5) is 0. The minimum Gasteiger partial charge on any atom is -0.271 e. The summed E-state index contributed by atoms with van der Waals surface area (Å²) in [5, 5.41) is 0. The molecule has 0 spiro atoms. The molecule has 86 valence electrons. The van der Waals surface area contributed by atoms with Crippen LogP contribution in [0.3, 0.4) is 0 Å². The Labute approximate surface area is 105 Å². The first-order valence-corrected chi connectivity index (χ1v) is 6.51. The van der Waals surface area contributed by atoms with Gasteiger partial charge in [-0.3, -0.25) is 5.84 Å². The number of hydrazine groups is 1. The van der Waals surface area contributed by atoms with E-state index in [1.807, 2.05) is 12.1 Å². The van der Waals surface area contributed by atoms with E-state index in [2.05, 4.69) is 39.6 Å². The molecule has 3 N–H and O–H groups in total. The topological polar surface area (TPSA) is 38.0 Å². The lowest BCUT2D eigenvalue weighted by Crippen LogP contribution is -2.30. The lowest BCUT2D eigenvalue weighted by Gasteiger charge is -2.23. The molecule has 0 fully saturated rings. The van der Waals surface area contributed by atoms with Gasteiger partial charge in [0.2, 0.25) is 0 Å². The van der Waals surface area contributed by atoms with E-state index < -0.39 is 0 Å². The summed E-state index contributed by atoms with van der Waals surface area (Å²) in [7, 11) is 0. The highest BCUT2D eigenvalue weighted by atomic mass is 79.9. The van der Waals surface area contributed by atoms with Crippen LogP contribution < -0.4 is 11.3 Å². The second kappa shape index (κ2) is 5.62. The van der Waals surface area contributed by atoms with Gasteiger partial charge in [-0.25, -0.2) is 5.43 Å². The molecule has 1 aliphatic carbocycles. The van der Waals surface area contributed by atoms with Crippen molar-refractivity contribution in [2.45, 2.75) is 31.7 Å². The molecule has 0 heterocycles. The van der Waals surface area contributed by atoms with E-state index in [0.29, 0.717) is 0 Å². The third-order valence-electron chi connectivity index (χ3n) is 3.05. The zero-order valence-corrected chi connectivity index (χ0v) is 10.8. The molecule has 0 aliphatic heterocycles. The molecule has 1 atom stereocenters. The molecule has 1 aromatic rings. The van der Waals surface area contributed by atoms with Crippen molar-refractivity contribution in [2.24, 2.45) is 5.84 Å². The maximum absolute atomic E-state index is 5.68. The molecule has 0 radical (unpaired) electrons. The van der Waals surface area contributed by atoms with Gasteiger partial charge < -0.3 is 0 Å². The molecule has 1 unspecified atom stereocenters. The molecule has 3 heteroatoms. The Balaban J connectivity index is 2.25. The number of hydrogen-bond donors (Lipinski definition) is 2. The second-order valence-corrected chi connectivity index (χ2v) is 5.10. The zero-order valence-electron chi connectivity index (χ0n) is 9.25.